The van der Waals surface area contributed by atoms with Crippen LogP contribution in [0.15, 0.2) is 113 Å². The van der Waals surface area contributed by atoms with E-state index < -0.39 is 5.41 Å². The first-order valence-electron chi connectivity index (χ1n) is 23.7. The number of piperidine rings is 1. The van der Waals surface area contributed by atoms with Crippen LogP contribution in [0.2, 0.25) is 0 Å². The van der Waals surface area contributed by atoms with E-state index in [2.05, 4.69) is 78.2 Å². The summed E-state index contributed by atoms with van der Waals surface area (Å²) in [6.45, 7) is 5.01. The van der Waals surface area contributed by atoms with Crippen molar-refractivity contribution in [2.24, 2.45) is 40.9 Å². The largest absolute Gasteiger partial charge is 0.508 e. The number of carbonyl (C=O) groups excluding carboxylic acids is 2. The number of benzene rings is 3. The number of rotatable bonds is 13. The van der Waals surface area contributed by atoms with Crippen LogP contribution in [0.25, 0.3) is 16.7 Å². The van der Waals surface area contributed by atoms with E-state index >= 15 is 0 Å². The number of allylic oxidation sites excluding steroid dienone is 5. The number of esters is 2. The molecule has 6 atom stereocenters. The molecule has 2 bridgehead atoms. The Bertz CT molecular complexity index is 2330. The van der Waals surface area contributed by atoms with E-state index in [1.807, 2.05) is 18.2 Å². The molecule has 0 aromatic heterocycles. The van der Waals surface area contributed by atoms with Crippen LogP contribution in [-0.4, -0.2) is 47.9 Å². The highest BCUT2D eigenvalue weighted by molar-refractivity contribution is 6.07. The first-order valence-corrected chi connectivity index (χ1v) is 23.7. The number of aliphatic hydroxyl groups is 1. The summed E-state index contributed by atoms with van der Waals surface area (Å²) in [4.78, 5) is 29.4. The van der Waals surface area contributed by atoms with E-state index in [0.717, 1.165) is 91.6 Å². The first kappa shape index (κ1) is 41.3. The van der Waals surface area contributed by atoms with Gasteiger partial charge in [-0.2, -0.15) is 0 Å². The summed E-state index contributed by atoms with van der Waals surface area (Å²) in [5.41, 5.74) is 7.82. The number of nitrogens with one attached hydrogen (secondary N) is 2. The van der Waals surface area contributed by atoms with Gasteiger partial charge in [-0.3, -0.25) is 0 Å². The number of aliphatic hydroxyl groups excluding tert-OH is 1. The minimum atomic E-state index is -0.857. The Balaban J connectivity index is 1.10. The highest BCUT2D eigenvalue weighted by atomic mass is 16.5. The molecule has 3 aromatic carbocycles. The first-order chi connectivity index (χ1) is 30.4. The summed E-state index contributed by atoms with van der Waals surface area (Å²) >= 11 is 0. The van der Waals surface area contributed by atoms with Crippen molar-refractivity contribution in [2.45, 2.75) is 103 Å². The average Bonchev–Trinajstić information content (AvgIpc) is 4.03. The third-order valence-electron chi connectivity index (χ3n) is 16.0. The molecule has 2 saturated carbocycles. The fraction of sp³-hybridized carbons (Fsp3) is 0.481. The lowest BCUT2D eigenvalue weighted by Crippen LogP contribution is -2.52. The lowest BCUT2D eigenvalue weighted by molar-refractivity contribution is -0.135. The molecule has 8 aliphatic rings. The molecule has 4 N–H and O–H groups in total. The summed E-state index contributed by atoms with van der Waals surface area (Å²) in [6, 6.07) is 25.3. The van der Waals surface area contributed by atoms with Gasteiger partial charge in [-0.25, -0.2) is 9.59 Å². The second kappa shape index (κ2) is 17.4. The second-order valence-corrected chi connectivity index (χ2v) is 19.3. The summed E-state index contributed by atoms with van der Waals surface area (Å²) in [5, 5.41) is 28.9. The maximum atomic E-state index is 14.9. The summed E-state index contributed by atoms with van der Waals surface area (Å²) in [5.74, 6) is 1.25. The van der Waals surface area contributed by atoms with Gasteiger partial charge in [-0.05, 0) is 177 Å². The van der Waals surface area contributed by atoms with Crippen molar-refractivity contribution < 1.29 is 29.3 Å². The number of cyclic esters (lactones) is 2. The minimum Gasteiger partial charge on any atom is -0.508 e. The number of ether oxygens (including phenoxy) is 2. The van der Waals surface area contributed by atoms with E-state index in [1.165, 1.54) is 36.8 Å². The van der Waals surface area contributed by atoms with Crippen molar-refractivity contribution in [3.8, 4) is 16.9 Å². The van der Waals surface area contributed by atoms with E-state index in [4.69, 9.17) is 9.47 Å². The Labute approximate surface area is 366 Å². The maximum Gasteiger partial charge on any atom is 0.340 e. The summed E-state index contributed by atoms with van der Waals surface area (Å²) in [7, 11) is 0. The van der Waals surface area contributed by atoms with Gasteiger partial charge in [0.25, 0.3) is 0 Å². The Morgan fingerprint density at radius 1 is 0.871 bits per heavy atom. The predicted octanol–water partition coefficient (Wildman–Crippen LogP) is 9.73. The molecular weight excluding hydrogens is 773 g/mol. The molecule has 2 saturated heterocycles. The highest BCUT2D eigenvalue weighted by Gasteiger charge is 2.68. The van der Waals surface area contributed by atoms with Crippen molar-refractivity contribution in [3.05, 3.63) is 130 Å². The van der Waals surface area contributed by atoms with Crippen molar-refractivity contribution in [2.75, 3.05) is 19.7 Å². The number of hydrogen-bond donors (Lipinski definition) is 4. The van der Waals surface area contributed by atoms with E-state index in [1.54, 1.807) is 6.07 Å². The van der Waals surface area contributed by atoms with E-state index in [0.29, 0.717) is 48.3 Å². The zero-order chi connectivity index (χ0) is 42.4. The van der Waals surface area contributed by atoms with Gasteiger partial charge in [-0.15, -0.1) is 0 Å². The SMILES string of the molecule is CC[C@H](C=C1OC(=O)C2=C(c3cc(O)ccc3-c3cccc(CNC4CCCC4)c3)[C@@H]3CC[C@]12[C@H]1C2=C(CC[C@H]31)C(=CC[C@H](CO)C1CCNCC1)OC2=O)Cc1ccccc1. The number of phenolic OH excluding ortho intramolecular Hbond substituents is 1. The van der Waals surface area contributed by atoms with Gasteiger partial charge in [0.05, 0.1) is 11.0 Å². The number of hydrogen-bond acceptors (Lipinski definition) is 8. The van der Waals surface area contributed by atoms with Crippen molar-refractivity contribution in [3.63, 3.8) is 0 Å². The van der Waals surface area contributed by atoms with Crippen LogP contribution in [0.5, 0.6) is 5.75 Å². The third-order valence-corrected chi connectivity index (χ3v) is 16.0. The molecular formula is C54H62N2O6. The van der Waals surface area contributed by atoms with Crippen molar-refractivity contribution >= 4 is 17.5 Å². The molecule has 62 heavy (non-hydrogen) atoms. The normalized spacial score (nSPS) is 28.3. The van der Waals surface area contributed by atoms with Gasteiger partial charge in [0.15, 0.2) is 0 Å². The molecule has 3 aromatic rings. The zero-order valence-corrected chi connectivity index (χ0v) is 36.2. The molecule has 0 unspecified atom stereocenters. The van der Waals surface area contributed by atoms with Gasteiger partial charge in [0.2, 0.25) is 0 Å². The molecule has 3 aliphatic heterocycles. The van der Waals surface area contributed by atoms with Gasteiger partial charge in [0.1, 0.15) is 17.3 Å². The highest BCUT2D eigenvalue weighted by Crippen LogP contribution is 2.72. The standard InChI is InChI=1S/C54H62N2O6/c1-2-33(27-34-9-4-3-5-10-34)29-47-54-24-21-42(43-18-19-44-46(61-52(59)49(44)50(43)54)20-15-38(32-57)36-22-25-55-26-23-36)48(51(54)53(60)62-47)45-30-40(58)16-17-41(45)37-12-8-11-35(28-37)31-56-39-13-6-7-14-39/h3-5,8-12,16-17,20,28-30,33,36,38-39,42-43,50,55-58H,2,6-7,13-15,18-19,21-27,31-32H2,1H3/t33-,38+,42+,43+,50+,54+/m0/s1. The topological polar surface area (TPSA) is 117 Å². The van der Waals surface area contributed by atoms with Crippen LogP contribution >= 0.6 is 0 Å². The number of fused-ring (bicyclic) bond motifs is 1. The van der Waals surface area contributed by atoms with Crippen LogP contribution in [-0.2, 0) is 32.0 Å². The lowest BCUT2D eigenvalue weighted by Gasteiger charge is -2.56. The molecule has 8 heteroatoms. The number of carbonyl (C=O) groups is 2. The van der Waals surface area contributed by atoms with Gasteiger partial charge >= 0.3 is 11.9 Å². The molecule has 324 valence electrons. The van der Waals surface area contributed by atoms with Crippen molar-refractivity contribution in [1.82, 2.24) is 10.6 Å². The van der Waals surface area contributed by atoms with E-state index in [9.17, 15) is 19.8 Å². The molecule has 0 radical (unpaired) electrons. The minimum absolute atomic E-state index is 0.0172. The van der Waals surface area contributed by atoms with Crippen molar-refractivity contribution in [1.29, 1.82) is 0 Å². The molecule has 11 rings (SSSR count). The maximum absolute atomic E-state index is 14.9. The van der Waals surface area contributed by atoms with Gasteiger partial charge in [0, 0.05) is 36.3 Å². The van der Waals surface area contributed by atoms with Crippen LogP contribution in [0.1, 0.15) is 101 Å². The fourth-order valence-electron chi connectivity index (χ4n) is 12.9. The molecule has 8 nitrogen and oxygen atoms in total. The molecule has 5 aliphatic carbocycles. The number of phenols is 1. The van der Waals surface area contributed by atoms with Gasteiger partial charge < -0.3 is 30.3 Å². The second-order valence-electron chi connectivity index (χ2n) is 19.3. The molecule has 3 heterocycles. The van der Waals surface area contributed by atoms with Crippen LogP contribution in [0, 0.1) is 40.9 Å². The lowest BCUT2D eigenvalue weighted by atomic mass is 9.44. The predicted molar refractivity (Wildman–Crippen MR) is 241 cm³/mol. The summed E-state index contributed by atoms with van der Waals surface area (Å²) in [6.07, 6.45) is 16.8. The fourth-order valence-corrected chi connectivity index (χ4v) is 12.9. The quantitative estimate of drug-likeness (QED) is 0.126. The molecule has 1 spiro atoms. The van der Waals surface area contributed by atoms with E-state index in [-0.39, 0.29) is 53.9 Å². The van der Waals surface area contributed by atoms with Crippen LogP contribution < -0.4 is 10.6 Å². The Hall–Kier alpha value is -4.76. The Morgan fingerprint density at radius 3 is 2.47 bits per heavy atom. The Kier molecular flexibility index (Phi) is 11.6. The Morgan fingerprint density at radius 2 is 1.68 bits per heavy atom. The zero-order valence-electron chi connectivity index (χ0n) is 36.2. The van der Waals surface area contributed by atoms with Crippen LogP contribution in [0.4, 0.5) is 0 Å². The van der Waals surface area contributed by atoms with Crippen LogP contribution in [0.3, 0.4) is 0 Å². The molecule has 0 amide bonds. The average molecular weight is 835 g/mol. The third kappa shape index (κ3) is 7.40. The summed E-state index contributed by atoms with van der Waals surface area (Å²) < 4.78 is 12.9. The monoisotopic (exact) mass is 834 g/mol. The molecule has 4 fully saturated rings. The number of aromatic hydroxyl groups is 1. The van der Waals surface area contributed by atoms with Gasteiger partial charge in [-0.1, -0.05) is 74.4 Å². The smallest absolute Gasteiger partial charge is 0.340 e.